The van der Waals surface area contributed by atoms with Gasteiger partial charge in [-0.1, -0.05) is 28.5 Å². The van der Waals surface area contributed by atoms with Crippen molar-refractivity contribution in [3.8, 4) is 5.69 Å². The number of nitrogens with one attached hydrogen (secondary N) is 1. The van der Waals surface area contributed by atoms with Gasteiger partial charge in [-0.25, -0.2) is 9.32 Å². The van der Waals surface area contributed by atoms with Gasteiger partial charge in [-0.15, -0.1) is 0 Å². The number of halogens is 1. The summed E-state index contributed by atoms with van der Waals surface area (Å²) in [5.41, 5.74) is 0.196. The van der Waals surface area contributed by atoms with E-state index in [1.54, 1.807) is 18.2 Å². The predicted octanol–water partition coefficient (Wildman–Crippen LogP) is 2.35. The molecule has 0 aliphatic carbocycles. The predicted molar refractivity (Wildman–Crippen MR) is 80.9 cm³/mol. The first kappa shape index (κ1) is 15.3. The Balaban J connectivity index is 2.06. The van der Waals surface area contributed by atoms with Crippen molar-refractivity contribution in [2.24, 2.45) is 0 Å². The van der Waals surface area contributed by atoms with E-state index in [0.717, 1.165) is 9.69 Å². The smallest absolute Gasteiger partial charge is 0.258 e. The van der Waals surface area contributed by atoms with Crippen molar-refractivity contribution >= 4 is 29.1 Å². The summed E-state index contributed by atoms with van der Waals surface area (Å²) in [5, 5.41) is 17.4. The van der Waals surface area contributed by atoms with Crippen LogP contribution >= 0.6 is 23.4 Å². The Bertz CT molecular complexity index is 922. The zero-order valence-electron chi connectivity index (χ0n) is 11.3. The summed E-state index contributed by atoms with van der Waals surface area (Å²) < 4.78 is 4.45. The summed E-state index contributed by atoms with van der Waals surface area (Å²) in [5.74, 6) is -0.765. The van der Waals surface area contributed by atoms with Gasteiger partial charge in [0.05, 0.1) is 20.7 Å². The van der Waals surface area contributed by atoms with Gasteiger partial charge in [0, 0.05) is 16.0 Å². The molecule has 2 aromatic carbocycles. The molecule has 0 atom stereocenters. The quantitative estimate of drug-likeness (QED) is 0.439. The van der Waals surface area contributed by atoms with Gasteiger partial charge < -0.3 is 0 Å². The molecule has 10 heteroatoms. The molecule has 8 nitrogen and oxygen atoms in total. The Morgan fingerprint density at radius 1 is 1.26 bits per heavy atom. The van der Waals surface area contributed by atoms with Crippen LogP contribution in [0.4, 0.5) is 5.69 Å². The van der Waals surface area contributed by atoms with Gasteiger partial charge in [-0.05, 0) is 30.3 Å². The summed E-state index contributed by atoms with van der Waals surface area (Å²) >= 11 is 7.19. The maximum atomic E-state index is 11.1. The molecule has 0 spiro atoms. The van der Waals surface area contributed by atoms with Gasteiger partial charge in [0.1, 0.15) is 0 Å². The van der Waals surface area contributed by atoms with Crippen LogP contribution in [0.2, 0.25) is 5.02 Å². The topological polar surface area (TPSA) is 106 Å². The van der Waals surface area contributed by atoms with Crippen LogP contribution in [0, 0.1) is 10.1 Å². The molecule has 23 heavy (non-hydrogen) atoms. The molecule has 0 saturated heterocycles. The maximum Gasteiger partial charge on any atom is 0.493 e. The second-order valence-electron chi connectivity index (χ2n) is 4.35. The van der Waals surface area contributed by atoms with E-state index in [9.17, 15) is 14.9 Å². The highest BCUT2D eigenvalue weighted by molar-refractivity contribution is 7.99. The molecule has 0 fully saturated rings. The van der Waals surface area contributed by atoms with Gasteiger partial charge >= 0.3 is 5.76 Å². The average Bonchev–Trinajstić information content (AvgIpc) is 2.96. The number of hydrogen-bond donors (Lipinski definition) is 1. The highest BCUT2D eigenvalue weighted by atomic mass is 35.5. The maximum absolute atomic E-state index is 11.1. The molecule has 3 aromatic rings. The Morgan fingerprint density at radius 2 is 2.00 bits per heavy atom. The van der Waals surface area contributed by atoms with E-state index in [1.807, 2.05) is 12.1 Å². The molecular formula is C13H8ClN4O4S+. The van der Waals surface area contributed by atoms with Crippen molar-refractivity contribution in [3.05, 3.63) is 68.2 Å². The first-order valence-electron chi connectivity index (χ1n) is 6.23. The van der Waals surface area contributed by atoms with Crippen LogP contribution in [0.15, 0.2) is 61.6 Å². The minimum Gasteiger partial charge on any atom is -0.258 e. The second kappa shape index (κ2) is 6.23. The van der Waals surface area contributed by atoms with E-state index < -0.39 is 10.7 Å². The number of rotatable bonds is 4. The summed E-state index contributed by atoms with van der Waals surface area (Å²) in [6.45, 7) is 0. The van der Waals surface area contributed by atoms with Crippen LogP contribution in [0.25, 0.3) is 5.69 Å². The first-order chi connectivity index (χ1) is 11.0. The molecule has 0 aliphatic heterocycles. The summed E-state index contributed by atoms with van der Waals surface area (Å²) in [6.07, 6.45) is 0. The van der Waals surface area contributed by atoms with Crippen molar-refractivity contribution < 1.29 is 14.2 Å². The molecule has 116 valence electrons. The Hall–Kier alpha value is -2.65. The van der Waals surface area contributed by atoms with E-state index in [4.69, 9.17) is 11.6 Å². The van der Waals surface area contributed by atoms with Gasteiger partial charge in [-0.3, -0.25) is 10.1 Å². The summed E-state index contributed by atoms with van der Waals surface area (Å²) in [7, 11) is 0. The third-order valence-corrected chi connectivity index (χ3v) is 4.15. The summed E-state index contributed by atoms with van der Waals surface area (Å²) in [4.78, 5) is 24.1. The van der Waals surface area contributed by atoms with Crippen LogP contribution in [-0.4, -0.2) is 15.3 Å². The van der Waals surface area contributed by atoms with Crippen molar-refractivity contribution in [2.45, 2.75) is 9.79 Å². The standard InChI is InChI=1S/C13H7ClN4O4S/c14-8-1-4-10(5-2-8)23-12-6-3-9(18(20)21)7-11(12)17-15-13(19)22-16-17/h1-7H/p+1. The van der Waals surface area contributed by atoms with E-state index >= 15 is 0 Å². The lowest BCUT2D eigenvalue weighted by Gasteiger charge is -2.02. The lowest BCUT2D eigenvalue weighted by molar-refractivity contribution is -0.727. The number of aromatic nitrogens is 3. The van der Waals surface area contributed by atoms with Gasteiger partial charge in [0.15, 0.2) is 0 Å². The number of non-ortho nitro benzene ring substituents is 1. The lowest BCUT2D eigenvalue weighted by Crippen LogP contribution is -2.38. The molecule has 1 heterocycles. The zero-order chi connectivity index (χ0) is 16.4. The molecule has 0 amide bonds. The highest BCUT2D eigenvalue weighted by Crippen LogP contribution is 2.32. The van der Waals surface area contributed by atoms with Gasteiger partial charge in [-0.2, -0.15) is 0 Å². The molecule has 3 rings (SSSR count). The number of hydrogen-bond acceptors (Lipinski definition) is 6. The fraction of sp³-hybridized carbons (Fsp3) is 0. The minimum atomic E-state index is -0.765. The Morgan fingerprint density at radius 3 is 2.61 bits per heavy atom. The minimum absolute atomic E-state index is 0.128. The van der Waals surface area contributed by atoms with Crippen LogP contribution < -0.4 is 10.6 Å². The van der Waals surface area contributed by atoms with E-state index in [2.05, 4.69) is 14.9 Å². The fourth-order valence-electron chi connectivity index (χ4n) is 1.81. The molecule has 1 aromatic heterocycles. The third-order valence-electron chi connectivity index (χ3n) is 2.83. The number of nitrogens with zero attached hydrogens (tertiary/aromatic N) is 3. The lowest BCUT2D eigenvalue weighted by atomic mass is 10.3. The molecule has 0 saturated carbocycles. The first-order valence-corrected chi connectivity index (χ1v) is 7.43. The largest absolute Gasteiger partial charge is 0.493 e. The monoisotopic (exact) mass is 351 g/mol. The number of nitro benzene ring substituents is 1. The van der Waals surface area contributed by atoms with Crippen molar-refractivity contribution in [1.82, 2.24) is 10.4 Å². The van der Waals surface area contributed by atoms with Crippen LogP contribution in [-0.2, 0) is 0 Å². The summed E-state index contributed by atoms with van der Waals surface area (Å²) in [6, 6.07) is 11.4. The highest BCUT2D eigenvalue weighted by Gasteiger charge is 2.23. The number of benzene rings is 2. The van der Waals surface area contributed by atoms with Crippen molar-refractivity contribution in [1.29, 1.82) is 0 Å². The number of H-pyrrole nitrogens is 1. The van der Waals surface area contributed by atoms with Crippen LogP contribution in [0.1, 0.15) is 0 Å². The Labute approximate surface area is 137 Å². The second-order valence-corrected chi connectivity index (χ2v) is 5.90. The molecule has 0 aliphatic rings. The van der Waals surface area contributed by atoms with E-state index in [0.29, 0.717) is 15.6 Å². The molecule has 0 bridgehead atoms. The Kier molecular flexibility index (Phi) is 4.13. The fourth-order valence-corrected chi connectivity index (χ4v) is 2.85. The molecule has 0 radical (unpaired) electrons. The van der Waals surface area contributed by atoms with Gasteiger partial charge in [0.25, 0.3) is 11.4 Å². The number of aromatic amines is 1. The van der Waals surface area contributed by atoms with E-state index in [-0.39, 0.29) is 5.69 Å². The van der Waals surface area contributed by atoms with Crippen LogP contribution in [0.3, 0.4) is 0 Å². The number of nitro groups is 1. The van der Waals surface area contributed by atoms with Crippen molar-refractivity contribution in [3.63, 3.8) is 0 Å². The SMILES string of the molecule is O=c1[nH][n+](-c2cc([N+](=O)[O-])ccc2Sc2ccc(Cl)cc2)no1. The normalized spacial score (nSPS) is 10.7. The third kappa shape index (κ3) is 3.41. The zero-order valence-corrected chi connectivity index (χ0v) is 12.9. The van der Waals surface area contributed by atoms with Crippen molar-refractivity contribution in [2.75, 3.05) is 0 Å². The van der Waals surface area contributed by atoms with E-state index in [1.165, 1.54) is 23.9 Å². The van der Waals surface area contributed by atoms with Crippen LogP contribution in [0.5, 0.6) is 0 Å². The molecular weight excluding hydrogens is 344 g/mol. The average molecular weight is 352 g/mol. The molecule has 0 unspecified atom stereocenters. The molecule has 1 N–H and O–H groups in total. The van der Waals surface area contributed by atoms with Gasteiger partial charge in [0.2, 0.25) is 5.27 Å².